The van der Waals surface area contributed by atoms with Crippen LogP contribution in [-0.2, 0) is 22.8 Å². The van der Waals surface area contributed by atoms with Gasteiger partial charge in [0.1, 0.15) is 10.8 Å². The zero-order valence-electron chi connectivity index (χ0n) is 18.6. The van der Waals surface area contributed by atoms with Gasteiger partial charge in [-0.15, -0.1) is 0 Å². The molecule has 0 radical (unpaired) electrons. The van der Waals surface area contributed by atoms with E-state index in [1.165, 1.54) is 17.3 Å². The summed E-state index contributed by atoms with van der Waals surface area (Å²) in [6.45, 7) is 5.01. The molecule has 3 N–H and O–H groups in total. The van der Waals surface area contributed by atoms with Gasteiger partial charge in [0.25, 0.3) is 0 Å². The Morgan fingerprint density at radius 3 is 2.67 bits per heavy atom. The summed E-state index contributed by atoms with van der Waals surface area (Å²) < 4.78 is 31.1. The molecule has 0 amide bonds. The van der Waals surface area contributed by atoms with Gasteiger partial charge in [0, 0.05) is 6.54 Å². The van der Waals surface area contributed by atoms with Crippen LogP contribution in [0.5, 0.6) is 5.75 Å². The summed E-state index contributed by atoms with van der Waals surface area (Å²) in [4.78, 5) is 8.95. The summed E-state index contributed by atoms with van der Waals surface area (Å²) in [6, 6.07) is 10.7. The second-order valence-corrected chi connectivity index (χ2v) is 10.9. The minimum Gasteiger partial charge on any atom is -0.495 e. The number of halogens is 1. The van der Waals surface area contributed by atoms with E-state index in [0.717, 1.165) is 25.2 Å². The zero-order chi connectivity index (χ0) is 23.6. The van der Waals surface area contributed by atoms with Crippen LogP contribution in [0.4, 0.5) is 23.1 Å². The first-order chi connectivity index (χ1) is 15.8. The molecule has 0 spiro atoms. The fourth-order valence-electron chi connectivity index (χ4n) is 3.61. The molecule has 33 heavy (non-hydrogen) atoms. The number of fused-ring (bicyclic) bond motifs is 1. The molecule has 0 saturated carbocycles. The molecule has 0 fully saturated rings. The zero-order valence-corrected chi connectivity index (χ0v) is 20.2. The van der Waals surface area contributed by atoms with Crippen LogP contribution < -0.4 is 20.7 Å². The number of rotatable bonds is 7. The molecule has 1 aliphatic heterocycles. The van der Waals surface area contributed by atoms with E-state index < -0.39 is 15.1 Å². The van der Waals surface area contributed by atoms with Gasteiger partial charge in [0.05, 0.1) is 34.8 Å². The van der Waals surface area contributed by atoms with E-state index in [9.17, 15) is 8.42 Å². The number of aromatic nitrogens is 2. The van der Waals surface area contributed by atoms with Gasteiger partial charge in [-0.25, -0.2) is 13.4 Å². The molecule has 8 nitrogen and oxygen atoms in total. The van der Waals surface area contributed by atoms with Crippen LogP contribution >= 0.6 is 11.6 Å². The van der Waals surface area contributed by atoms with Crippen molar-refractivity contribution < 1.29 is 13.2 Å². The van der Waals surface area contributed by atoms with Crippen molar-refractivity contribution in [1.29, 1.82) is 0 Å². The number of sulfone groups is 1. The molecule has 0 aliphatic carbocycles. The lowest BCUT2D eigenvalue weighted by molar-refractivity contribution is 0.415. The van der Waals surface area contributed by atoms with Gasteiger partial charge >= 0.3 is 0 Å². The minimum atomic E-state index is -3.50. The molecule has 0 saturated heterocycles. The van der Waals surface area contributed by atoms with Crippen molar-refractivity contribution in [2.75, 3.05) is 24.3 Å². The van der Waals surface area contributed by atoms with Crippen LogP contribution in [0.25, 0.3) is 0 Å². The number of anilines is 4. The number of hydrogen-bond donors (Lipinski definition) is 3. The summed E-state index contributed by atoms with van der Waals surface area (Å²) in [6.07, 6.45) is 2.40. The van der Waals surface area contributed by atoms with E-state index in [4.69, 9.17) is 16.3 Å². The number of hydrogen-bond acceptors (Lipinski definition) is 8. The van der Waals surface area contributed by atoms with E-state index in [1.54, 1.807) is 45.2 Å². The first-order valence-corrected chi connectivity index (χ1v) is 12.5. The molecule has 1 aliphatic rings. The third-order valence-corrected chi connectivity index (χ3v) is 7.95. The average molecular weight is 488 g/mol. The lowest BCUT2D eigenvalue weighted by atomic mass is 10.00. The molecule has 0 atom stereocenters. The Kier molecular flexibility index (Phi) is 6.73. The Morgan fingerprint density at radius 1 is 1.12 bits per heavy atom. The van der Waals surface area contributed by atoms with Gasteiger partial charge in [0.15, 0.2) is 15.7 Å². The smallest absolute Gasteiger partial charge is 0.229 e. The van der Waals surface area contributed by atoms with Gasteiger partial charge in [-0.05, 0) is 62.2 Å². The average Bonchev–Trinajstić information content (AvgIpc) is 2.81. The predicted octanol–water partition coefficient (Wildman–Crippen LogP) is 4.45. The third kappa shape index (κ3) is 4.90. The molecule has 1 aromatic heterocycles. The van der Waals surface area contributed by atoms with Crippen molar-refractivity contribution in [3.63, 3.8) is 0 Å². The summed E-state index contributed by atoms with van der Waals surface area (Å²) in [7, 11) is -1.88. The van der Waals surface area contributed by atoms with Gasteiger partial charge in [-0.1, -0.05) is 23.7 Å². The Balaban J connectivity index is 1.66. The number of methoxy groups -OCH3 is 1. The number of para-hydroxylation sites is 1. The highest BCUT2D eigenvalue weighted by Crippen LogP contribution is 2.34. The van der Waals surface area contributed by atoms with Gasteiger partial charge in [0.2, 0.25) is 5.95 Å². The molecule has 3 aromatic rings. The third-order valence-electron chi connectivity index (χ3n) is 5.47. The summed E-state index contributed by atoms with van der Waals surface area (Å²) in [5, 5.41) is 9.32. The highest BCUT2D eigenvalue weighted by atomic mass is 35.5. The standard InChI is InChI=1S/C23H26ClN5O3S/c1-14(2)33(30,31)21-7-5-4-6-18(21)27-22-17(24)13-26-23(29-22)28-19-10-16-12-25-9-8-15(16)11-20(19)32-3/h4-7,10-11,13-14,25H,8-9,12H2,1-3H3,(H2,26,27,28,29). The molecule has 2 heterocycles. The molecular weight excluding hydrogens is 462 g/mol. The van der Waals surface area contributed by atoms with E-state index in [1.807, 2.05) is 12.1 Å². The Hall–Kier alpha value is -2.88. The molecular formula is C23H26ClN5O3S. The summed E-state index contributed by atoms with van der Waals surface area (Å²) in [5.74, 6) is 1.28. The lowest BCUT2D eigenvalue weighted by Gasteiger charge is -2.20. The minimum absolute atomic E-state index is 0.188. The van der Waals surface area contributed by atoms with Crippen molar-refractivity contribution in [2.24, 2.45) is 0 Å². The molecule has 4 rings (SSSR count). The Labute approximate surface area is 198 Å². The molecule has 174 valence electrons. The van der Waals surface area contributed by atoms with Crippen molar-refractivity contribution in [3.8, 4) is 5.75 Å². The fraction of sp³-hybridized carbons (Fsp3) is 0.304. The predicted molar refractivity (Wildman–Crippen MR) is 131 cm³/mol. The number of ether oxygens (including phenoxy) is 1. The number of nitrogens with zero attached hydrogens (tertiary/aromatic N) is 2. The van der Waals surface area contributed by atoms with Crippen LogP contribution in [0.3, 0.4) is 0 Å². The van der Waals surface area contributed by atoms with Crippen molar-refractivity contribution in [2.45, 2.75) is 37.0 Å². The molecule has 0 unspecified atom stereocenters. The maximum Gasteiger partial charge on any atom is 0.229 e. The van der Waals surface area contributed by atoms with Crippen LogP contribution in [0, 0.1) is 0 Å². The highest BCUT2D eigenvalue weighted by molar-refractivity contribution is 7.92. The quantitative estimate of drug-likeness (QED) is 0.448. The van der Waals surface area contributed by atoms with Crippen LogP contribution in [0.15, 0.2) is 47.5 Å². The fourth-order valence-corrected chi connectivity index (χ4v) is 4.95. The number of benzene rings is 2. The first kappa shape index (κ1) is 23.3. The maximum atomic E-state index is 12.8. The molecule has 0 bridgehead atoms. The SMILES string of the molecule is COc1cc2c(cc1Nc1ncc(Cl)c(Nc3ccccc3S(=O)(=O)C(C)C)n1)CNCC2. The van der Waals surface area contributed by atoms with Crippen molar-refractivity contribution in [3.05, 3.63) is 58.7 Å². The monoisotopic (exact) mass is 487 g/mol. The summed E-state index contributed by atoms with van der Waals surface area (Å²) >= 11 is 6.33. The van der Waals surface area contributed by atoms with Gasteiger partial charge in [-0.3, -0.25) is 0 Å². The lowest BCUT2D eigenvalue weighted by Crippen LogP contribution is -2.23. The van der Waals surface area contributed by atoms with Crippen LogP contribution in [0.2, 0.25) is 5.02 Å². The molecule has 10 heteroatoms. The van der Waals surface area contributed by atoms with E-state index >= 15 is 0 Å². The first-order valence-electron chi connectivity index (χ1n) is 10.6. The van der Waals surface area contributed by atoms with Gasteiger partial charge in [-0.2, -0.15) is 4.98 Å². The normalized spacial score (nSPS) is 13.5. The van der Waals surface area contributed by atoms with E-state index in [2.05, 4.69) is 25.9 Å². The van der Waals surface area contributed by atoms with Crippen molar-refractivity contribution in [1.82, 2.24) is 15.3 Å². The largest absolute Gasteiger partial charge is 0.495 e. The Morgan fingerprint density at radius 2 is 1.91 bits per heavy atom. The molecule has 2 aromatic carbocycles. The second-order valence-electron chi connectivity index (χ2n) is 7.98. The van der Waals surface area contributed by atoms with Gasteiger partial charge < -0.3 is 20.7 Å². The highest BCUT2D eigenvalue weighted by Gasteiger charge is 2.23. The second kappa shape index (κ2) is 9.54. The van der Waals surface area contributed by atoms with Crippen LogP contribution in [0.1, 0.15) is 25.0 Å². The Bertz CT molecular complexity index is 1280. The topological polar surface area (TPSA) is 105 Å². The van der Waals surface area contributed by atoms with Crippen LogP contribution in [-0.4, -0.2) is 37.3 Å². The summed E-state index contributed by atoms with van der Waals surface area (Å²) in [5.41, 5.74) is 3.56. The maximum absolute atomic E-state index is 12.8. The van der Waals surface area contributed by atoms with E-state index in [-0.39, 0.29) is 9.92 Å². The number of nitrogens with one attached hydrogen (secondary N) is 3. The van der Waals surface area contributed by atoms with Crippen molar-refractivity contribution >= 4 is 44.6 Å². The van der Waals surface area contributed by atoms with E-state index in [0.29, 0.717) is 23.2 Å².